The van der Waals surface area contributed by atoms with Crippen LogP contribution in [0.3, 0.4) is 0 Å². The number of nitrogens with zero attached hydrogens (tertiary/aromatic N) is 4. The number of carbonyl (C=O) groups excluding carboxylic acids is 3. The van der Waals surface area contributed by atoms with Crippen molar-refractivity contribution in [3.05, 3.63) is 41.7 Å². The van der Waals surface area contributed by atoms with E-state index >= 15 is 0 Å². The molecule has 0 spiro atoms. The highest BCUT2D eigenvalue weighted by molar-refractivity contribution is 7.89. The smallest absolute Gasteiger partial charge is 0.251 e. The van der Waals surface area contributed by atoms with Gasteiger partial charge < -0.3 is 21.1 Å². The van der Waals surface area contributed by atoms with E-state index in [0.29, 0.717) is 12.1 Å². The van der Waals surface area contributed by atoms with Crippen LogP contribution in [0.5, 0.6) is 0 Å². The van der Waals surface area contributed by atoms with E-state index in [1.165, 1.54) is 40.0 Å². The van der Waals surface area contributed by atoms with Gasteiger partial charge in [-0.15, -0.1) is 5.10 Å². The lowest BCUT2D eigenvalue weighted by molar-refractivity contribution is -0.139. The molecule has 2 aliphatic carbocycles. The van der Waals surface area contributed by atoms with E-state index in [1.807, 2.05) is 0 Å². The van der Waals surface area contributed by atoms with Crippen LogP contribution < -0.4 is 15.8 Å². The summed E-state index contributed by atoms with van der Waals surface area (Å²) in [6.07, 6.45) is 5.66. The molecule has 0 radical (unpaired) electrons. The molecule has 16 heteroatoms. The number of halogens is 2. The van der Waals surface area contributed by atoms with Gasteiger partial charge in [0.25, 0.3) is 11.8 Å². The van der Waals surface area contributed by atoms with Crippen molar-refractivity contribution in [2.75, 3.05) is 6.54 Å². The first-order chi connectivity index (χ1) is 21.5. The van der Waals surface area contributed by atoms with E-state index < -0.39 is 76.3 Å². The van der Waals surface area contributed by atoms with Crippen LogP contribution in [-0.2, 0) is 25.2 Å². The number of nitrogens with two attached hydrogens (primary N) is 1. The molecule has 3 fully saturated rings. The Labute approximate surface area is 266 Å². The Bertz CT molecular complexity index is 1550. The number of alkyl halides is 2. The summed E-state index contributed by atoms with van der Waals surface area (Å²) in [7, 11) is -4.08. The van der Waals surface area contributed by atoms with Crippen molar-refractivity contribution in [1.29, 1.82) is 0 Å². The highest BCUT2D eigenvalue weighted by Gasteiger charge is 2.47. The maximum Gasteiger partial charge on any atom is 0.251 e. The normalized spacial score (nSPS) is 23.1. The van der Waals surface area contributed by atoms with E-state index in [2.05, 4.69) is 20.4 Å². The van der Waals surface area contributed by atoms with Crippen molar-refractivity contribution in [2.45, 2.75) is 112 Å². The molecule has 1 aromatic carbocycles. The first-order valence-corrected chi connectivity index (χ1v) is 17.1. The number of primary amides is 1. The molecular weight excluding hydrogens is 624 g/mol. The fraction of sp³-hybridized carbons (Fsp3) is 0.633. The number of aliphatic hydroxyl groups is 1. The molecule has 46 heavy (non-hydrogen) atoms. The molecule has 3 amide bonds. The lowest BCUT2D eigenvalue weighted by atomic mass is 9.84. The van der Waals surface area contributed by atoms with Crippen molar-refractivity contribution in [2.24, 2.45) is 11.7 Å². The van der Waals surface area contributed by atoms with Gasteiger partial charge in [0.1, 0.15) is 17.7 Å². The van der Waals surface area contributed by atoms with Crippen molar-refractivity contribution >= 4 is 27.7 Å². The number of hydrogen-bond donors (Lipinski definition) is 4. The maximum absolute atomic E-state index is 14.1. The van der Waals surface area contributed by atoms with Gasteiger partial charge in [0, 0.05) is 37.4 Å². The number of sulfonamides is 1. The van der Waals surface area contributed by atoms with E-state index in [4.69, 9.17) is 5.73 Å². The number of benzene rings is 1. The summed E-state index contributed by atoms with van der Waals surface area (Å²) in [4.78, 5) is 41.3. The number of likely N-dealkylation sites (tertiary alicyclic amines) is 1. The van der Waals surface area contributed by atoms with Crippen molar-refractivity contribution < 1.29 is 36.7 Å². The topological polar surface area (TPSA) is 190 Å². The molecule has 3 aliphatic rings. The van der Waals surface area contributed by atoms with Crippen molar-refractivity contribution in [3.63, 3.8) is 0 Å². The third-order valence-corrected chi connectivity index (χ3v) is 10.7. The number of carbonyl (C=O) groups is 3. The standard InChI is InChI=1S/C30H41F2N7O6S/c1-29(2,43)25-16-34-37-39(25)21-13-24(26(33)40)38(17-21)28(42)23(12-18-6-4-3-5-7-18)35-27(41)19-8-10-22(11-9-19)46(44,45)36-20-14-30(31,32)15-20/h8-11,16,18,20-21,23-24,36,43H,3-7,12-15,17H2,1-2H3,(H2,33,40)(H,35,41)/t21?,23-,24?/m1/s1. The quantitative estimate of drug-likeness (QED) is 0.280. The minimum absolute atomic E-state index is 0.0579. The van der Waals surface area contributed by atoms with Gasteiger partial charge in [-0.25, -0.2) is 26.6 Å². The number of rotatable bonds is 11. The molecule has 2 saturated carbocycles. The number of aromatic nitrogens is 3. The molecule has 1 saturated heterocycles. The van der Waals surface area contributed by atoms with E-state index in [-0.39, 0.29) is 29.3 Å². The Morgan fingerprint density at radius 1 is 1.13 bits per heavy atom. The second kappa shape index (κ2) is 13.0. The summed E-state index contributed by atoms with van der Waals surface area (Å²) < 4.78 is 55.4. The minimum Gasteiger partial charge on any atom is -0.384 e. The SMILES string of the molecule is CC(C)(O)c1cnnn1C1CC(C(N)=O)N(C(=O)[C@@H](CC2CCCCC2)NC(=O)c2ccc(S(=O)(=O)NC3CC(F)(F)C3)cc2)C1. The summed E-state index contributed by atoms with van der Waals surface area (Å²) in [6, 6.07) is 1.67. The Kier molecular flexibility index (Phi) is 9.53. The van der Waals surface area contributed by atoms with E-state index in [1.54, 1.807) is 13.8 Å². The zero-order valence-corrected chi connectivity index (χ0v) is 26.7. The fourth-order valence-corrected chi connectivity index (χ4v) is 7.93. The average molecular weight is 666 g/mol. The number of hydrogen-bond acceptors (Lipinski definition) is 8. The van der Waals surface area contributed by atoms with Crippen molar-refractivity contribution in [1.82, 2.24) is 29.9 Å². The Morgan fingerprint density at radius 3 is 2.37 bits per heavy atom. The van der Waals surface area contributed by atoms with Gasteiger partial charge in [-0.3, -0.25) is 14.4 Å². The minimum atomic E-state index is -4.08. The molecule has 2 heterocycles. The first kappa shape index (κ1) is 33.9. The molecule has 5 rings (SSSR count). The van der Waals surface area contributed by atoms with Crippen LogP contribution in [0.15, 0.2) is 35.4 Å². The highest BCUT2D eigenvalue weighted by atomic mass is 32.2. The fourth-order valence-electron chi connectivity index (χ4n) is 6.69. The molecule has 2 aromatic rings. The molecular formula is C30H41F2N7O6S. The van der Waals surface area contributed by atoms with Crippen LogP contribution in [-0.4, -0.2) is 81.7 Å². The Morgan fingerprint density at radius 2 is 1.78 bits per heavy atom. The lowest BCUT2D eigenvalue weighted by Gasteiger charge is -2.34. The summed E-state index contributed by atoms with van der Waals surface area (Å²) in [6.45, 7) is 3.22. The number of amides is 3. The zero-order valence-electron chi connectivity index (χ0n) is 25.9. The summed E-state index contributed by atoms with van der Waals surface area (Å²) >= 11 is 0. The Hall–Kier alpha value is -3.50. The van der Waals surface area contributed by atoms with Crippen LogP contribution in [0.2, 0.25) is 0 Å². The van der Waals surface area contributed by atoms with Crippen LogP contribution in [0.4, 0.5) is 8.78 Å². The summed E-state index contributed by atoms with van der Waals surface area (Å²) in [5.74, 6) is -4.51. The molecule has 3 atom stereocenters. The molecule has 1 aliphatic heterocycles. The highest BCUT2D eigenvalue weighted by Crippen LogP contribution is 2.38. The second-order valence-corrected chi connectivity index (χ2v) is 15.0. The van der Waals surface area contributed by atoms with Gasteiger partial charge in [0.15, 0.2) is 0 Å². The summed E-state index contributed by atoms with van der Waals surface area (Å²) in [5.41, 5.74) is 4.97. The van der Waals surface area contributed by atoms with Gasteiger partial charge in [-0.05, 0) is 50.5 Å². The zero-order chi connectivity index (χ0) is 33.4. The average Bonchev–Trinajstić information content (AvgIpc) is 3.64. The van der Waals surface area contributed by atoms with Crippen molar-refractivity contribution in [3.8, 4) is 0 Å². The largest absolute Gasteiger partial charge is 0.384 e. The second-order valence-electron chi connectivity index (χ2n) is 13.3. The molecule has 5 N–H and O–H groups in total. The third kappa shape index (κ3) is 7.55. The van der Waals surface area contributed by atoms with Crippen LogP contribution in [0.1, 0.15) is 93.7 Å². The Balaban J connectivity index is 1.33. The molecule has 2 unspecified atom stereocenters. The van der Waals surface area contributed by atoms with Gasteiger partial charge in [0.2, 0.25) is 21.8 Å². The molecule has 252 valence electrons. The van der Waals surface area contributed by atoms with Gasteiger partial charge in [-0.2, -0.15) is 0 Å². The first-order valence-electron chi connectivity index (χ1n) is 15.6. The monoisotopic (exact) mass is 665 g/mol. The molecule has 0 bridgehead atoms. The number of nitrogens with one attached hydrogen (secondary N) is 2. The predicted molar refractivity (Wildman–Crippen MR) is 161 cm³/mol. The van der Waals surface area contributed by atoms with E-state index in [0.717, 1.165) is 32.1 Å². The van der Waals surface area contributed by atoms with Crippen LogP contribution in [0, 0.1) is 5.92 Å². The van der Waals surface area contributed by atoms with E-state index in [9.17, 15) is 36.7 Å². The van der Waals surface area contributed by atoms with Gasteiger partial charge >= 0.3 is 0 Å². The van der Waals surface area contributed by atoms with Crippen LogP contribution >= 0.6 is 0 Å². The lowest BCUT2D eigenvalue weighted by Crippen LogP contribution is -2.53. The maximum atomic E-state index is 14.1. The van der Waals surface area contributed by atoms with Crippen LogP contribution in [0.25, 0.3) is 0 Å². The van der Waals surface area contributed by atoms with Gasteiger partial charge in [-0.1, -0.05) is 37.3 Å². The molecule has 13 nitrogen and oxygen atoms in total. The van der Waals surface area contributed by atoms with Gasteiger partial charge in [0.05, 0.1) is 22.8 Å². The predicted octanol–water partition coefficient (Wildman–Crippen LogP) is 1.98. The molecule has 1 aromatic heterocycles. The summed E-state index contributed by atoms with van der Waals surface area (Å²) in [5, 5.41) is 21.4. The third-order valence-electron chi connectivity index (χ3n) is 9.17.